The molecule has 2 fully saturated rings. The molecule has 0 spiro atoms. The number of thioether (sulfide) groups is 1. The van der Waals surface area contributed by atoms with Crippen molar-refractivity contribution in [2.75, 3.05) is 38.5 Å². The molecule has 1 heterocycles. The standard InChI is InChI=1S/C18H28N2OS/c21-18-9-5-4-8-17(18)20-12-10-19(11-13-20)14-15-22-16-6-2-1-3-7-16/h1-3,6-7,17-18,21H,4-5,8-15H2/t17-,18+/m0/s1. The molecular weight excluding hydrogens is 292 g/mol. The van der Waals surface area contributed by atoms with Gasteiger partial charge in [0.05, 0.1) is 6.10 Å². The Labute approximate surface area is 138 Å². The van der Waals surface area contributed by atoms with E-state index in [0.717, 1.165) is 38.4 Å². The van der Waals surface area contributed by atoms with Crippen LogP contribution in [0.2, 0.25) is 0 Å². The summed E-state index contributed by atoms with van der Waals surface area (Å²) in [6.07, 6.45) is 4.59. The Morgan fingerprint density at radius 2 is 1.73 bits per heavy atom. The predicted molar refractivity (Wildman–Crippen MR) is 93.4 cm³/mol. The van der Waals surface area contributed by atoms with Gasteiger partial charge in [-0.25, -0.2) is 0 Å². The Balaban J connectivity index is 1.36. The summed E-state index contributed by atoms with van der Waals surface area (Å²) in [5, 5.41) is 10.2. The summed E-state index contributed by atoms with van der Waals surface area (Å²) in [6, 6.07) is 11.1. The third kappa shape index (κ3) is 4.48. The second-order valence-corrected chi connectivity index (χ2v) is 7.63. The van der Waals surface area contributed by atoms with Gasteiger partial charge in [0.2, 0.25) is 0 Å². The van der Waals surface area contributed by atoms with Gasteiger partial charge in [0.25, 0.3) is 0 Å². The first-order valence-corrected chi connectivity index (χ1v) is 9.64. The van der Waals surface area contributed by atoms with E-state index >= 15 is 0 Å². The van der Waals surface area contributed by atoms with Gasteiger partial charge in [-0.1, -0.05) is 31.0 Å². The number of rotatable bonds is 5. The highest BCUT2D eigenvalue weighted by atomic mass is 32.2. The molecule has 1 aromatic carbocycles. The van der Waals surface area contributed by atoms with Crippen molar-refractivity contribution < 1.29 is 5.11 Å². The summed E-state index contributed by atoms with van der Waals surface area (Å²) in [5.74, 6) is 1.16. The number of benzene rings is 1. The van der Waals surface area contributed by atoms with E-state index in [9.17, 15) is 5.11 Å². The van der Waals surface area contributed by atoms with Crippen LogP contribution in [0.3, 0.4) is 0 Å². The normalized spacial score (nSPS) is 27.9. The van der Waals surface area contributed by atoms with Crippen LogP contribution in [0.5, 0.6) is 0 Å². The van der Waals surface area contributed by atoms with Crippen LogP contribution >= 0.6 is 11.8 Å². The third-order valence-corrected chi connectivity index (χ3v) is 5.98. The van der Waals surface area contributed by atoms with Crippen molar-refractivity contribution in [1.29, 1.82) is 0 Å². The van der Waals surface area contributed by atoms with E-state index in [1.165, 1.54) is 30.7 Å². The molecule has 1 saturated carbocycles. The minimum Gasteiger partial charge on any atom is -0.391 e. The number of aliphatic hydroxyl groups is 1. The molecule has 2 aliphatic rings. The minimum atomic E-state index is -0.0889. The van der Waals surface area contributed by atoms with Crippen LogP contribution in [-0.4, -0.2) is 65.5 Å². The lowest BCUT2D eigenvalue weighted by atomic mass is 9.91. The Morgan fingerprint density at radius 1 is 1.00 bits per heavy atom. The number of aliphatic hydroxyl groups excluding tert-OH is 1. The van der Waals surface area contributed by atoms with Gasteiger partial charge in [-0.05, 0) is 25.0 Å². The van der Waals surface area contributed by atoms with Gasteiger partial charge < -0.3 is 5.11 Å². The molecule has 1 aliphatic carbocycles. The second kappa shape index (κ2) is 8.34. The van der Waals surface area contributed by atoms with E-state index < -0.39 is 0 Å². The highest BCUT2D eigenvalue weighted by Crippen LogP contribution is 2.24. The lowest BCUT2D eigenvalue weighted by Crippen LogP contribution is -2.54. The van der Waals surface area contributed by atoms with Gasteiger partial charge in [0, 0.05) is 49.4 Å². The van der Waals surface area contributed by atoms with Crippen LogP contribution in [0.4, 0.5) is 0 Å². The first-order chi connectivity index (χ1) is 10.8. The van der Waals surface area contributed by atoms with E-state index in [1.54, 1.807) is 0 Å². The molecule has 1 aromatic rings. The summed E-state index contributed by atoms with van der Waals surface area (Å²) in [7, 11) is 0. The molecule has 0 bridgehead atoms. The molecular formula is C18H28N2OS. The molecule has 0 radical (unpaired) electrons. The molecule has 3 nitrogen and oxygen atoms in total. The van der Waals surface area contributed by atoms with Crippen LogP contribution in [-0.2, 0) is 0 Å². The fourth-order valence-electron chi connectivity index (χ4n) is 3.65. The summed E-state index contributed by atoms with van der Waals surface area (Å²) in [6.45, 7) is 5.72. The number of hydrogen-bond acceptors (Lipinski definition) is 4. The maximum Gasteiger partial charge on any atom is 0.0695 e. The van der Waals surface area contributed by atoms with Gasteiger partial charge in [0.1, 0.15) is 0 Å². The monoisotopic (exact) mass is 320 g/mol. The van der Waals surface area contributed by atoms with Crippen LogP contribution in [0.1, 0.15) is 25.7 Å². The van der Waals surface area contributed by atoms with Crippen molar-refractivity contribution in [3.05, 3.63) is 30.3 Å². The summed E-state index contributed by atoms with van der Waals surface area (Å²) < 4.78 is 0. The molecule has 0 aromatic heterocycles. The Hall–Kier alpha value is -0.550. The van der Waals surface area contributed by atoms with Crippen molar-refractivity contribution in [3.8, 4) is 0 Å². The van der Waals surface area contributed by atoms with Crippen LogP contribution in [0.25, 0.3) is 0 Å². The lowest BCUT2D eigenvalue weighted by Gasteiger charge is -2.42. The molecule has 1 N–H and O–H groups in total. The maximum absolute atomic E-state index is 10.2. The van der Waals surface area contributed by atoms with Gasteiger partial charge in [-0.3, -0.25) is 9.80 Å². The zero-order valence-electron chi connectivity index (χ0n) is 13.4. The molecule has 1 aliphatic heterocycles. The second-order valence-electron chi connectivity index (χ2n) is 6.46. The maximum atomic E-state index is 10.2. The summed E-state index contributed by atoms with van der Waals surface area (Å²) >= 11 is 1.95. The molecule has 4 heteroatoms. The Bertz CT molecular complexity index is 434. The largest absolute Gasteiger partial charge is 0.391 e. The molecule has 2 atom stereocenters. The zero-order chi connectivity index (χ0) is 15.2. The molecule has 122 valence electrons. The summed E-state index contributed by atoms with van der Waals surface area (Å²) in [5.41, 5.74) is 0. The quantitative estimate of drug-likeness (QED) is 0.844. The number of nitrogens with zero attached hydrogens (tertiary/aromatic N) is 2. The van der Waals surface area contributed by atoms with E-state index in [0.29, 0.717) is 6.04 Å². The Morgan fingerprint density at radius 3 is 2.45 bits per heavy atom. The first-order valence-electron chi connectivity index (χ1n) is 8.65. The van der Waals surface area contributed by atoms with Gasteiger partial charge in [0.15, 0.2) is 0 Å². The molecule has 0 unspecified atom stereocenters. The third-order valence-electron chi connectivity index (χ3n) is 4.99. The van der Waals surface area contributed by atoms with Gasteiger partial charge >= 0.3 is 0 Å². The summed E-state index contributed by atoms with van der Waals surface area (Å²) in [4.78, 5) is 6.47. The Kier molecular flexibility index (Phi) is 6.19. The number of piperazine rings is 1. The van der Waals surface area contributed by atoms with Crippen LogP contribution in [0.15, 0.2) is 35.2 Å². The topological polar surface area (TPSA) is 26.7 Å². The van der Waals surface area contributed by atoms with Gasteiger partial charge in [-0.2, -0.15) is 0 Å². The predicted octanol–water partition coefficient (Wildman–Crippen LogP) is 2.70. The van der Waals surface area contributed by atoms with Crippen molar-refractivity contribution in [2.24, 2.45) is 0 Å². The van der Waals surface area contributed by atoms with Crippen molar-refractivity contribution in [2.45, 2.75) is 42.7 Å². The lowest BCUT2D eigenvalue weighted by molar-refractivity contribution is -0.00254. The highest BCUT2D eigenvalue weighted by Gasteiger charge is 2.30. The smallest absolute Gasteiger partial charge is 0.0695 e. The SMILES string of the molecule is O[C@@H]1CCCC[C@@H]1N1CCN(CCSc2ccccc2)CC1. The van der Waals surface area contributed by atoms with Crippen molar-refractivity contribution in [3.63, 3.8) is 0 Å². The number of hydrogen-bond donors (Lipinski definition) is 1. The molecule has 0 amide bonds. The van der Waals surface area contributed by atoms with E-state index in [1.807, 2.05) is 11.8 Å². The molecule has 3 rings (SSSR count). The average Bonchev–Trinajstić information content (AvgIpc) is 2.57. The first kappa shape index (κ1) is 16.3. The average molecular weight is 321 g/mol. The molecule has 22 heavy (non-hydrogen) atoms. The van der Waals surface area contributed by atoms with Crippen molar-refractivity contribution in [1.82, 2.24) is 9.80 Å². The fourth-order valence-corrected chi connectivity index (χ4v) is 4.58. The van der Waals surface area contributed by atoms with E-state index in [2.05, 4.69) is 40.1 Å². The van der Waals surface area contributed by atoms with E-state index in [4.69, 9.17) is 0 Å². The minimum absolute atomic E-state index is 0.0889. The van der Waals surface area contributed by atoms with Crippen LogP contribution in [0, 0.1) is 0 Å². The highest BCUT2D eigenvalue weighted by molar-refractivity contribution is 7.99. The molecule has 1 saturated heterocycles. The zero-order valence-corrected chi connectivity index (χ0v) is 14.2. The fraction of sp³-hybridized carbons (Fsp3) is 0.667. The van der Waals surface area contributed by atoms with Gasteiger partial charge in [-0.15, -0.1) is 11.8 Å². The van der Waals surface area contributed by atoms with Crippen LogP contribution < -0.4 is 0 Å². The van der Waals surface area contributed by atoms with Crippen molar-refractivity contribution >= 4 is 11.8 Å². The van der Waals surface area contributed by atoms with E-state index in [-0.39, 0.29) is 6.10 Å².